The van der Waals surface area contributed by atoms with E-state index in [4.69, 9.17) is 14.5 Å². The molecule has 0 aliphatic rings. The highest BCUT2D eigenvalue weighted by atomic mass is 32.2. The summed E-state index contributed by atoms with van der Waals surface area (Å²) in [4.78, 5) is 58.3. The van der Waals surface area contributed by atoms with Crippen LogP contribution >= 0.6 is 34.4 Å². The summed E-state index contributed by atoms with van der Waals surface area (Å²) >= 11 is 3.50. The van der Waals surface area contributed by atoms with E-state index < -0.39 is 17.8 Å². The van der Waals surface area contributed by atoms with Gasteiger partial charge in [0, 0.05) is 4.88 Å². The van der Waals surface area contributed by atoms with Crippen LogP contribution in [0.15, 0.2) is 40.3 Å². The van der Waals surface area contributed by atoms with Crippen LogP contribution in [0.5, 0.6) is 0 Å². The number of amides is 1. The summed E-state index contributed by atoms with van der Waals surface area (Å²) < 4.78 is 11.8. The van der Waals surface area contributed by atoms with Crippen molar-refractivity contribution in [3.05, 3.63) is 67.1 Å². The third-order valence-corrected chi connectivity index (χ3v) is 9.09. The molecule has 3 aromatic heterocycles. The summed E-state index contributed by atoms with van der Waals surface area (Å²) in [5.74, 6) is -1.75. The number of fused-ring (bicyclic) bond motifs is 1. The fraction of sp³-hybridized carbons (Fsp3) is 0.296. The van der Waals surface area contributed by atoms with Gasteiger partial charge in [-0.25, -0.2) is 14.6 Å². The summed E-state index contributed by atoms with van der Waals surface area (Å²) in [5, 5.41) is 3.88. The lowest BCUT2D eigenvalue weighted by Crippen LogP contribution is -2.23. The summed E-state index contributed by atoms with van der Waals surface area (Å²) in [6.07, 6.45) is 0. The Kier molecular flexibility index (Phi) is 8.88. The summed E-state index contributed by atoms with van der Waals surface area (Å²) in [6.45, 7) is 9.14. The quantitative estimate of drug-likeness (QED) is 0.155. The van der Waals surface area contributed by atoms with E-state index in [9.17, 15) is 19.2 Å². The number of hydrogen-bond donors (Lipinski definition) is 1. The van der Waals surface area contributed by atoms with E-state index in [2.05, 4.69) is 5.32 Å². The lowest BCUT2D eigenvalue weighted by atomic mass is 10.1. The Morgan fingerprint density at radius 1 is 0.974 bits per heavy atom. The molecule has 4 rings (SSSR count). The van der Waals surface area contributed by atoms with Gasteiger partial charge in [0.2, 0.25) is 5.91 Å². The number of hydrogen-bond acceptors (Lipinski definition) is 10. The van der Waals surface area contributed by atoms with Gasteiger partial charge in [0.25, 0.3) is 5.56 Å². The van der Waals surface area contributed by atoms with Crippen molar-refractivity contribution in [2.45, 2.75) is 39.8 Å². The maximum Gasteiger partial charge on any atom is 0.348 e. The van der Waals surface area contributed by atoms with Crippen molar-refractivity contribution in [1.82, 2.24) is 9.55 Å². The Morgan fingerprint density at radius 2 is 1.64 bits per heavy atom. The fourth-order valence-electron chi connectivity index (χ4n) is 3.91. The molecule has 4 aromatic rings. The second-order valence-electron chi connectivity index (χ2n) is 8.37. The predicted octanol–water partition coefficient (Wildman–Crippen LogP) is 5.52. The number of rotatable bonds is 9. The molecular weight excluding hydrogens is 559 g/mol. The number of aromatic nitrogens is 2. The van der Waals surface area contributed by atoms with E-state index in [-0.39, 0.29) is 40.0 Å². The van der Waals surface area contributed by atoms with E-state index in [0.29, 0.717) is 26.6 Å². The van der Waals surface area contributed by atoms with Gasteiger partial charge in [0.1, 0.15) is 14.7 Å². The lowest BCUT2D eigenvalue weighted by molar-refractivity contribution is -0.113. The average molecular weight is 586 g/mol. The van der Waals surface area contributed by atoms with Crippen LogP contribution in [0, 0.1) is 20.8 Å². The Morgan fingerprint density at radius 3 is 2.31 bits per heavy atom. The number of thioether (sulfide) groups is 1. The fourth-order valence-corrected chi connectivity index (χ4v) is 6.90. The minimum Gasteiger partial charge on any atom is -0.462 e. The van der Waals surface area contributed by atoms with Gasteiger partial charge in [0.15, 0.2) is 5.16 Å². The van der Waals surface area contributed by atoms with Crippen LogP contribution < -0.4 is 10.9 Å². The first-order chi connectivity index (χ1) is 18.7. The molecule has 0 aliphatic carbocycles. The van der Waals surface area contributed by atoms with Crippen LogP contribution in [-0.4, -0.2) is 46.4 Å². The summed E-state index contributed by atoms with van der Waals surface area (Å²) in [6, 6.07) is 9.14. The second kappa shape index (κ2) is 12.1. The van der Waals surface area contributed by atoms with Crippen molar-refractivity contribution in [2.24, 2.45) is 0 Å². The van der Waals surface area contributed by atoms with Crippen LogP contribution in [0.3, 0.4) is 0 Å². The molecule has 0 fully saturated rings. The van der Waals surface area contributed by atoms with Crippen LogP contribution in [0.2, 0.25) is 0 Å². The minimum absolute atomic E-state index is 0.0952. The molecule has 1 N–H and O–H groups in total. The molecule has 0 saturated carbocycles. The molecule has 1 amide bonds. The molecule has 0 aliphatic heterocycles. The minimum atomic E-state index is -0.641. The zero-order valence-electron chi connectivity index (χ0n) is 22.1. The maximum absolute atomic E-state index is 13.6. The maximum atomic E-state index is 13.6. The van der Waals surface area contributed by atoms with Gasteiger partial charge < -0.3 is 14.8 Å². The van der Waals surface area contributed by atoms with Crippen molar-refractivity contribution >= 4 is 67.5 Å². The van der Waals surface area contributed by atoms with Gasteiger partial charge in [-0.2, -0.15) is 0 Å². The molecule has 0 atom stereocenters. The van der Waals surface area contributed by atoms with Gasteiger partial charge in [-0.15, -0.1) is 22.7 Å². The van der Waals surface area contributed by atoms with E-state index >= 15 is 0 Å². The molecule has 3 heterocycles. The first kappa shape index (κ1) is 28.5. The number of esters is 2. The molecule has 0 spiro atoms. The molecule has 0 bridgehead atoms. The Hall–Kier alpha value is -3.48. The summed E-state index contributed by atoms with van der Waals surface area (Å²) in [5.41, 5.74) is 1.83. The number of anilines is 1. The Balaban J connectivity index is 1.66. The average Bonchev–Trinajstić information content (AvgIpc) is 3.38. The Bertz CT molecular complexity index is 1620. The van der Waals surface area contributed by atoms with Crippen LogP contribution in [0.25, 0.3) is 15.9 Å². The SMILES string of the molecule is CCOC(=O)c1sc(NC(=O)CSc2nc3sc(C)c(C)c3c(=O)n2-c2ccccc2)c(C(=O)OCC)c1C. The highest BCUT2D eigenvalue weighted by molar-refractivity contribution is 7.99. The Labute approximate surface area is 237 Å². The lowest BCUT2D eigenvalue weighted by Gasteiger charge is -2.12. The third kappa shape index (κ3) is 5.77. The first-order valence-corrected chi connectivity index (χ1v) is 14.8. The van der Waals surface area contributed by atoms with E-state index in [0.717, 1.165) is 33.5 Å². The van der Waals surface area contributed by atoms with Crippen molar-refractivity contribution in [3.63, 3.8) is 0 Å². The second-order valence-corrected chi connectivity index (χ2v) is 11.5. The normalized spacial score (nSPS) is 11.0. The van der Waals surface area contributed by atoms with Gasteiger partial charge in [-0.3, -0.25) is 14.2 Å². The zero-order chi connectivity index (χ0) is 28.3. The number of benzene rings is 1. The summed E-state index contributed by atoms with van der Waals surface area (Å²) in [7, 11) is 0. The van der Waals surface area contributed by atoms with E-state index in [1.807, 2.05) is 44.2 Å². The molecule has 0 unspecified atom stereocenters. The highest BCUT2D eigenvalue weighted by Crippen LogP contribution is 2.35. The van der Waals surface area contributed by atoms with Crippen molar-refractivity contribution < 1.29 is 23.9 Å². The van der Waals surface area contributed by atoms with Crippen LogP contribution in [-0.2, 0) is 14.3 Å². The van der Waals surface area contributed by atoms with E-state index in [1.54, 1.807) is 20.8 Å². The number of nitrogens with zero attached hydrogens (tertiary/aromatic N) is 2. The van der Waals surface area contributed by atoms with Gasteiger partial charge in [-0.1, -0.05) is 30.0 Å². The van der Waals surface area contributed by atoms with Gasteiger partial charge >= 0.3 is 11.9 Å². The van der Waals surface area contributed by atoms with Crippen LogP contribution in [0.4, 0.5) is 5.00 Å². The molecule has 12 heteroatoms. The molecule has 9 nitrogen and oxygen atoms in total. The largest absolute Gasteiger partial charge is 0.462 e. The van der Waals surface area contributed by atoms with E-state index in [1.165, 1.54) is 15.9 Å². The first-order valence-electron chi connectivity index (χ1n) is 12.2. The smallest absolute Gasteiger partial charge is 0.348 e. The number of nitrogens with one attached hydrogen (secondary N) is 1. The number of aryl methyl sites for hydroxylation is 2. The zero-order valence-corrected chi connectivity index (χ0v) is 24.5. The molecule has 39 heavy (non-hydrogen) atoms. The number of thiophene rings is 2. The predicted molar refractivity (Wildman–Crippen MR) is 155 cm³/mol. The number of para-hydroxylation sites is 1. The number of ether oxygens (including phenoxy) is 2. The molecular formula is C27H27N3O6S3. The van der Waals surface area contributed by atoms with Gasteiger partial charge in [0.05, 0.1) is 35.6 Å². The third-order valence-electron chi connectivity index (χ3n) is 5.86. The number of carbonyl (C=O) groups excluding carboxylic acids is 3. The monoisotopic (exact) mass is 585 g/mol. The van der Waals surface area contributed by atoms with Crippen LogP contribution in [0.1, 0.15) is 49.9 Å². The van der Waals surface area contributed by atoms with Crippen molar-refractivity contribution in [1.29, 1.82) is 0 Å². The highest BCUT2D eigenvalue weighted by Gasteiger charge is 2.27. The van der Waals surface area contributed by atoms with Gasteiger partial charge in [-0.05, 0) is 57.9 Å². The molecule has 0 saturated heterocycles. The topological polar surface area (TPSA) is 117 Å². The van der Waals surface area contributed by atoms with Crippen molar-refractivity contribution in [3.8, 4) is 5.69 Å². The molecule has 1 aromatic carbocycles. The molecule has 204 valence electrons. The molecule has 0 radical (unpaired) electrons. The standard InChI is InChI=1S/C27H27N3O6S3/c1-6-35-25(33)20-15(4)21(26(34)36-7-2)39-23(20)28-18(31)13-37-27-29-22-19(14(3)16(5)38-22)24(32)30(27)17-11-9-8-10-12-17/h8-12H,6-7,13H2,1-5H3,(H,28,31). The van der Waals surface area contributed by atoms with Crippen molar-refractivity contribution in [2.75, 3.05) is 24.3 Å². The number of carbonyl (C=O) groups is 3.